The van der Waals surface area contributed by atoms with Crippen molar-refractivity contribution in [2.75, 3.05) is 30.4 Å². The number of anilines is 2. The van der Waals surface area contributed by atoms with Gasteiger partial charge in [0.2, 0.25) is 0 Å². The molecule has 2 aromatic heterocycles. The van der Waals surface area contributed by atoms with Crippen molar-refractivity contribution in [1.82, 2.24) is 4.98 Å². The molecule has 5 rings (SSSR count). The van der Waals surface area contributed by atoms with Gasteiger partial charge in [-0.2, -0.15) is 4.98 Å². The molecule has 0 radical (unpaired) electrons. The second-order valence-electron chi connectivity index (χ2n) is 8.99. The predicted octanol–water partition coefficient (Wildman–Crippen LogP) is 6.26. The molecular weight excluding hydrogens is 514 g/mol. The molecule has 0 aliphatic rings. The van der Waals surface area contributed by atoms with Crippen molar-refractivity contribution < 1.29 is 23.8 Å². The van der Waals surface area contributed by atoms with Gasteiger partial charge in [0.15, 0.2) is 11.4 Å². The van der Waals surface area contributed by atoms with Crippen LogP contribution in [0.25, 0.3) is 11.1 Å². The SMILES string of the molecule is CN(CCOc1ccc(C(CC(=O)O)Nc2cc(C(=O)c3ccccc3)cs2)cc1)c1nc2ccccc2o1. The van der Waals surface area contributed by atoms with Crippen molar-refractivity contribution in [3.8, 4) is 5.75 Å². The van der Waals surface area contributed by atoms with E-state index in [4.69, 9.17) is 9.15 Å². The van der Waals surface area contributed by atoms with E-state index in [-0.39, 0.29) is 12.2 Å². The highest BCUT2D eigenvalue weighted by atomic mass is 32.1. The Kier molecular flexibility index (Phi) is 7.88. The Balaban J connectivity index is 1.19. The Morgan fingerprint density at radius 2 is 1.77 bits per heavy atom. The van der Waals surface area contributed by atoms with E-state index in [1.54, 1.807) is 23.6 Å². The number of oxazole rings is 1. The van der Waals surface area contributed by atoms with Gasteiger partial charge >= 0.3 is 5.97 Å². The molecule has 2 heterocycles. The molecule has 0 spiro atoms. The first-order valence-electron chi connectivity index (χ1n) is 12.4. The number of carboxylic acids is 1. The normalized spacial score (nSPS) is 11.7. The lowest BCUT2D eigenvalue weighted by Crippen LogP contribution is -2.24. The number of carboxylic acid groups (broad SMARTS) is 1. The van der Waals surface area contributed by atoms with Crippen molar-refractivity contribution >= 4 is 45.2 Å². The summed E-state index contributed by atoms with van der Waals surface area (Å²) >= 11 is 1.37. The lowest BCUT2D eigenvalue weighted by molar-refractivity contribution is -0.137. The Morgan fingerprint density at radius 3 is 2.51 bits per heavy atom. The number of carbonyl (C=O) groups excluding carboxylic acids is 1. The van der Waals surface area contributed by atoms with E-state index >= 15 is 0 Å². The molecule has 5 aromatic rings. The van der Waals surface area contributed by atoms with Crippen molar-refractivity contribution in [1.29, 1.82) is 0 Å². The van der Waals surface area contributed by atoms with Crippen molar-refractivity contribution in [3.63, 3.8) is 0 Å². The summed E-state index contributed by atoms with van der Waals surface area (Å²) in [7, 11) is 1.89. The summed E-state index contributed by atoms with van der Waals surface area (Å²) < 4.78 is 11.7. The standard InChI is InChI=1S/C30H27N3O5S/c1-33(30-32-24-9-5-6-10-26(24)38-30)15-16-37-23-13-11-20(12-14-23)25(18-28(34)35)31-27-17-22(19-39-27)29(36)21-7-3-2-4-8-21/h2-14,17,19,25,31H,15-16,18H2,1H3,(H,34,35). The molecule has 39 heavy (non-hydrogen) atoms. The summed E-state index contributed by atoms with van der Waals surface area (Å²) in [6.07, 6.45) is -0.116. The molecule has 0 saturated carbocycles. The molecule has 9 heteroatoms. The van der Waals surface area contributed by atoms with E-state index in [9.17, 15) is 14.7 Å². The number of likely N-dealkylation sites (N-methyl/N-ethyl adjacent to an activating group) is 1. The Bertz CT molecular complexity index is 1530. The molecule has 0 amide bonds. The first-order chi connectivity index (χ1) is 19.0. The number of nitrogens with zero attached hydrogens (tertiary/aromatic N) is 2. The van der Waals surface area contributed by atoms with Crippen LogP contribution in [0.2, 0.25) is 0 Å². The number of hydrogen-bond donors (Lipinski definition) is 2. The van der Waals surface area contributed by atoms with Crippen LogP contribution in [0.4, 0.5) is 11.0 Å². The average molecular weight is 542 g/mol. The number of carbonyl (C=O) groups is 2. The third-order valence-electron chi connectivity index (χ3n) is 6.18. The van der Waals surface area contributed by atoms with Crippen LogP contribution in [0.15, 0.2) is 94.7 Å². The first-order valence-corrected chi connectivity index (χ1v) is 13.3. The molecule has 0 aliphatic heterocycles. The van der Waals surface area contributed by atoms with Crippen LogP contribution in [0.1, 0.15) is 33.9 Å². The molecule has 3 aromatic carbocycles. The van der Waals surface area contributed by atoms with E-state index in [1.807, 2.05) is 78.7 Å². The van der Waals surface area contributed by atoms with Gasteiger partial charge in [-0.3, -0.25) is 9.59 Å². The Hall–Kier alpha value is -4.63. The minimum absolute atomic E-state index is 0.0714. The zero-order valence-electron chi connectivity index (χ0n) is 21.2. The topological polar surface area (TPSA) is 105 Å². The number of fused-ring (bicyclic) bond motifs is 1. The highest BCUT2D eigenvalue weighted by molar-refractivity contribution is 7.14. The van der Waals surface area contributed by atoms with Gasteiger partial charge in [-0.25, -0.2) is 0 Å². The fraction of sp³-hybridized carbons (Fsp3) is 0.167. The van der Waals surface area contributed by atoms with E-state index < -0.39 is 12.0 Å². The number of ether oxygens (including phenoxy) is 1. The van der Waals surface area contributed by atoms with Crippen LogP contribution in [-0.4, -0.2) is 42.0 Å². The summed E-state index contributed by atoms with van der Waals surface area (Å²) in [6.45, 7) is 0.985. The van der Waals surface area contributed by atoms with Crippen LogP contribution < -0.4 is 15.0 Å². The highest BCUT2D eigenvalue weighted by Crippen LogP contribution is 2.30. The van der Waals surface area contributed by atoms with Crippen molar-refractivity contribution in [2.24, 2.45) is 0 Å². The van der Waals surface area contributed by atoms with Crippen LogP contribution in [0.5, 0.6) is 5.75 Å². The second kappa shape index (κ2) is 11.8. The number of thiophene rings is 1. The third-order valence-corrected chi connectivity index (χ3v) is 7.04. The number of benzene rings is 3. The van der Waals surface area contributed by atoms with Crippen LogP contribution in [0, 0.1) is 0 Å². The largest absolute Gasteiger partial charge is 0.492 e. The maximum atomic E-state index is 12.7. The molecule has 8 nitrogen and oxygen atoms in total. The molecular formula is C30H27N3O5S. The van der Waals surface area contributed by atoms with Crippen LogP contribution in [0.3, 0.4) is 0 Å². The average Bonchev–Trinajstić information content (AvgIpc) is 3.60. The summed E-state index contributed by atoms with van der Waals surface area (Å²) in [4.78, 5) is 30.7. The van der Waals surface area contributed by atoms with Gasteiger partial charge < -0.3 is 24.5 Å². The Labute approximate surface area is 229 Å². The minimum Gasteiger partial charge on any atom is -0.492 e. The molecule has 198 valence electrons. The number of rotatable bonds is 12. The fourth-order valence-corrected chi connectivity index (χ4v) is 4.94. The molecule has 0 aliphatic carbocycles. The van der Waals surface area contributed by atoms with Gasteiger partial charge in [0, 0.05) is 23.6 Å². The van der Waals surface area contributed by atoms with Gasteiger partial charge in [-0.05, 0) is 35.9 Å². The predicted molar refractivity (Wildman–Crippen MR) is 152 cm³/mol. The van der Waals surface area contributed by atoms with E-state index in [1.165, 1.54) is 11.3 Å². The third kappa shape index (κ3) is 6.45. The molecule has 1 atom stereocenters. The zero-order chi connectivity index (χ0) is 27.2. The smallest absolute Gasteiger partial charge is 0.305 e. The van der Waals surface area contributed by atoms with Crippen molar-refractivity contribution in [2.45, 2.75) is 12.5 Å². The quantitative estimate of drug-likeness (QED) is 0.178. The summed E-state index contributed by atoms with van der Waals surface area (Å²) in [5.41, 5.74) is 3.52. The fourth-order valence-electron chi connectivity index (χ4n) is 4.10. The lowest BCUT2D eigenvalue weighted by atomic mass is 10.0. The maximum absolute atomic E-state index is 12.7. The van der Waals surface area contributed by atoms with E-state index in [0.29, 0.717) is 36.0 Å². The summed E-state index contributed by atoms with van der Waals surface area (Å²) in [6, 6.07) is 25.8. The van der Waals surface area contributed by atoms with Crippen molar-refractivity contribution in [3.05, 3.63) is 107 Å². The lowest BCUT2D eigenvalue weighted by Gasteiger charge is -2.18. The molecule has 2 N–H and O–H groups in total. The monoisotopic (exact) mass is 541 g/mol. The van der Waals surface area contributed by atoms with E-state index in [0.717, 1.165) is 21.7 Å². The number of ketones is 1. The first kappa shape index (κ1) is 26.0. The summed E-state index contributed by atoms with van der Waals surface area (Å²) in [5.74, 6) is -0.323. The van der Waals surface area contributed by atoms with Gasteiger partial charge in [-0.1, -0.05) is 54.6 Å². The van der Waals surface area contributed by atoms with Gasteiger partial charge in [-0.15, -0.1) is 11.3 Å². The molecule has 0 fully saturated rings. The van der Waals surface area contributed by atoms with Gasteiger partial charge in [0.05, 0.1) is 24.0 Å². The number of aromatic nitrogens is 1. The summed E-state index contributed by atoms with van der Waals surface area (Å²) in [5, 5.41) is 15.3. The van der Waals surface area contributed by atoms with Gasteiger partial charge in [0.1, 0.15) is 17.9 Å². The number of para-hydroxylation sites is 2. The Morgan fingerprint density at radius 1 is 1.03 bits per heavy atom. The zero-order valence-corrected chi connectivity index (χ0v) is 22.1. The number of hydrogen-bond acceptors (Lipinski definition) is 8. The van der Waals surface area contributed by atoms with Crippen LogP contribution in [-0.2, 0) is 4.79 Å². The van der Waals surface area contributed by atoms with Gasteiger partial charge in [0.25, 0.3) is 6.01 Å². The molecule has 0 bridgehead atoms. The second-order valence-corrected chi connectivity index (χ2v) is 9.90. The maximum Gasteiger partial charge on any atom is 0.305 e. The van der Waals surface area contributed by atoms with E-state index in [2.05, 4.69) is 10.3 Å². The number of nitrogens with one attached hydrogen (secondary N) is 1. The van der Waals surface area contributed by atoms with Crippen LogP contribution >= 0.6 is 11.3 Å². The molecule has 1 unspecified atom stereocenters. The number of aliphatic carboxylic acids is 1. The minimum atomic E-state index is -0.924. The highest BCUT2D eigenvalue weighted by Gasteiger charge is 2.18. The molecule has 0 saturated heterocycles.